The molecule has 0 aliphatic heterocycles. The van der Waals surface area contributed by atoms with E-state index in [1.54, 1.807) is 54.6 Å². The predicted octanol–water partition coefficient (Wildman–Crippen LogP) is 5.14. The Morgan fingerprint density at radius 3 is 1.46 bits per heavy atom. The normalized spacial score (nSPS) is 11.2. The van der Waals surface area contributed by atoms with E-state index in [-0.39, 0.29) is 0 Å². The highest BCUT2D eigenvalue weighted by Gasteiger charge is 2.32. The van der Waals surface area contributed by atoms with Crippen LogP contribution in [0.2, 0.25) is 0 Å². The van der Waals surface area contributed by atoms with E-state index in [0.717, 1.165) is 11.1 Å². The van der Waals surface area contributed by atoms with Crippen LogP contribution in [0.4, 0.5) is 0 Å². The summed E-state index contributed by atoms with van der Waals surface area (Å²) in [6.45, 7) is 3.91. The molecule has 0 aromatic heterocycles. The lowest BCUT2D eigenvalue weighted by atomic mass is 10.2. The monoisotopic (exact) mass is 370 g/mol. The van der Waals surface area contributed by atoms with Gasteiger partial charge in [0.2, 0.25) is 0 Å². The van der Waals surface area contributed by atoms with E-state index < -0.39 is 7.60 Å². The van der Waals surface area contributed by atoms with Crippen LogP contribution in [0.3, 0.4) is 0 Å². The third kappa shape index (κ3) is 4.73. The van der Waals surface area contributed by atoms with E-state index in [0.29, 0.717) is 16.8 Å². The van der Waals surface area contributed by atoms with Crippen molar-refractivity contribution in [1.29, 1.82) is 0 Å². The summed E-state index contributed by atoms with van der Waals surface area (Å²) in [5.74, 6) is 0.816. The van der Waals surface area contributed by atoms with Crippen LogP contribution in [0.5, 0.6) is 11.5 Å². The largest absolute Gasteiger partial charge is 0.434 e. The van der Waals surface area contributed by atoms with Crippen molar-refractivity contribution in [3.63, 3.8) is 0 Å². The van der Waals surface area contributed by atoms with Crippen molar-refractivity contribution < 1.29 is 23.7 Å². The van der Waals surface area contributed by atoms with Gasteiger partial charge in [-0.05, 0) is 50.2 Å². The Balaban J connectivity index is 1.76. The van der Waals surface area contributed by atoms with Crippen LogP contribution >= 0.6 is 7.60 Å². The number of hydrogen-bond acceptors (Lipinski definition) is 5. The third-order valence-electron chi connectivity index (χ3n) is 3.58. The second-order valence-electron chi connectivity index (χ2n) is 5.77. The van der Waals surface area contributed by atoms with Crippen molar-refractivity contribution in [2.45, 2.75) is 13.8 Å². The summed E-state index contributed by atoms with van der Waals surface area (Å²) in [5.41, 5.74) is 2.14. The van der Waals surface area contributed by atoms with E-state index in [1.165, 1.54) is 0 Å². The van der Waals surface area contributed by atoms with Gasteiger partial charge in [-0.3, -0.25) is 0 Å². The average Bonchev–Trinajstić information content (AvgIpc) is 2.68. The molecule has 0 atom stereocenters. The topological polar surface area (TPSA) is 54.0 Å². The minimum atomic E-state index is -3.87. The second kappa shape index (κ2) is 8.19. The second-order valence-corrected chi connectivity index (χ2v) is 7.58. The Labute approximate surface area is 152 Å². The molecule has 6 heteroatoms. The molecular formula is C20H19O5P. The van der Waals surface area contributed by atoms with Gasteiger partial charge in [0.15, 0.2) is 11.5 Å². The fraction of sp³-hybridized carbons (Fsp3) is 0.100. The van der Waals surface area contributed by atoms with Crippen molar-refractivity contribution in [3.8, 4) is 11.5 Å². The van der Waals surface area contributed by atoms with Gasteiger partial charge in [0, 0.05) is 0 Å². The standard InChI is InChI=1S/C20H19O5P/c1-16-8-12-18(13-9-16)22-24-26(21,20-6-4-3-5-7-20)25-23-19-14-10-17(2)11-15-19/h3-15H,1-2H3. The first-order chi connectivity index (χ1) is 12.5. The zero-order chi connectivity index (χ0) is 18.4. The van der Waals surface area contributed by atoms with Crippen LogP contribution in [0, 0.1) is 13.8 Å². The third-order valence-corrected chi connectivity index (χ3v) is 5.05. The van der Waals surface area contributed by atoms with E-state index in [1.807, 2.05) is 38.1 Å². The van der Waals surface area contributed by atoms with Crippen LogP contribution < -0.4 is 15.1 Å². The van der Waals surface area contributed by atoms with E-state index in [9.17, 15) is 4.57 Å². The molecule has 0 radical (unpaired) electrons. The molecule has 134 valence electrons. The lowest BCUT2D eigenvalue weighted by molar-refractivity contribution is -0.167. The molecule has 3 rings (SSSR count). The number of aryl methyl sites for hydroxylation is 2. The summed E-state index contributed by atoms with van der Waals surface area (Å²) >= 11 is 0. The Morgan fingerprint density at radius 1 is 0.615 bits per heavy atom. The van der Waals surface area contributed by atoms with Crippen molar-refractivity contribution in [1.82, 2.24) is 0 Å². The zero-order valence-corrected chi connectivity index (χ0v) is 15.4. The summed E-state index contributed by atoms with van der Waals surface area (Å²) < 4.78 is 23.6. The van der Waals surface area contributed by atoms with Crippen LogP contribution in [0.25, 0.3) is 0 Å². The molecule has 0 saturated carbocycles. The maximum absolute atomic E-state index is 13.2. The van der Waals surface area contributed by atoms with Crippen LogP contribution in [-0.2, 0) is 13.9 Å². The predicted molar refractivity (Wildman–Crippen MR) is 99.5 cm³/mol. The smallest absolute Gasteiger partial charge is 0.329 e. The first-order valence-electron chi connectivity index (χ1n) is 8.07. The number of rotatable bonds is 7. The molecule has 26 heavy (non-hydrogen) atoms. The molecule has 0 amide bonds. The molecule has 5 nitrogen and oxygen atoms in total. The summed E-state index contributed by atoms with van der Waals surface area (Å²) in [7, 11) is -3.87. The molecule has 0 unspecified atom stereocenters. The molecule has 0 fully saturated rings. The van der Waals surface area contributed by atoms with Gasteiger partial charge in [-0.2, -0.15) is 0 Å². The van der Waals surface area contributed by atoms with E-state index in [4.69, 9.17) is 19.1 Å². The maximum atomic E-state index is 13.2. The Morgan fingerprint density at radius 2 is 1.04 bits per heavy atom. The van der Waals surface area contributed by atoms with Crippen molar-refractivity contribution >= 4 is 12.9 Å². The molecule has 0 saturated heterocycles. The molecule has 0 bridgehead atoms. The van der Waals surface area contributed by atoms with Gasteiger partial charge in [-0.1, -0.05) is 62.9 Å². The minimum Gasteiger partial charge on any atom is -0.329 e. The summed E-state index contributed by atoms with van der Waals surface area (Å²) in [6.07, 6.45) is 0. The fourth-order valence-electron chi connectivity index (χ4n) is 2.08. The van der Waals surface area contributed by atoms with Crippen molar-refractivity contribution in [2.24, 2.45) is 0 Å². The van der Waals surface area contributed by atoms with Gasteiger partial charge in [-0.15, -0.1) is 0 Å². The van der Waals surface area contributed by atoms with Crippen LogP contribution in [0.15, 0.2) is 78.9 Å². The number of hydrogen-bond donors (Lipinski definition) is 0. The van der Waals surface area contributed by atoms with E-state index in [2.05, 4.69) is 0 Å². The summed E-state index contributed by atoms with van der Waals surface area (Å²) in [5, 5.41) is 0.319. The van der Waals surface area contributed by atoms with Crippen molar-refractivity contribution in [2.75, 3.05) is 0 Å². The van der Waals surface area contributed by atoms with Gasteiger partial charge in [0.25, 0.3) is 0 Å². The van der Waals surface area contributed by atoms with Crippen LogP contribution in [-0.4, -0.2) is 0 Å². The quantitative estimate of drug-likeness (QED) is 0.327. The van der Waals surface area contributed by atoms with E-state index >= 15 is 0 Å². The highest BCUT2D eigenvalue weighted by atomic mass is 31.2. The summed E-state index contributed by atoms with van der Waals surface area (Å²) in [6, 6.07) is 22.8. The van der Waals surface area contributed by atoms with Gasteiger partial charge in [0.05, 0.1) is 5.30 Å². The molecular weight excluding hydrogens is 351 g/mol. The van der Waals surface area contributed by atoms with Gasteiger partial charge >= 0.3 is 7.60 Å². The van der Waals surface area contributed by atoms with Gasteiger partial charge in [0.1, 0.15) is 0 Å². The Bertz CT molecular complexity index is 823. The lowest BCUT2D eigenvalue weighted by Gasteiger charge is -2.16. The first-order valence-corrected chi connectivity index (χ1v) is 9.61. The lowest BCUT2D eigenvalue weighted by Crippen LogP contribution is -2.13. The maximum Gasteiger partial charge on any atom is 0.434 e. The summed E-state index contributed by atoms with van der Waals surface area (Å²) in [4.78, 5) is 10.4. The molecule has 0 aliphatic carbocycles. The first kappa shape index (κ1) is 18.2. The molecule has 3 aromatic rings. The molecule has 0 heterocycles. The highest BCUT2D eigenvalue weighted by Crippen LogP contribution is 2.47. The molecule has 3 aromatic carbocycles. The van der Waals surface area contributed by atoms with Crippen LogP contribution in [0.1, 0.15) is 11.1 Å². The fourth-order valence-corrected chi connectivity index (χ4v) is 3.18. The average molecular weight is 370 g/mol. The van der Waals surface area contributed by atoms with Gasteiger partial charge in [-0.25, -0.2) is 4.57 Å². The van der Waals surface area contributed by atoms with Gasteiger partial charge < -0.3 is 9.78 Å². The van der Waals surface area contributed by atoms with Crippen molar-refractivity contribution in [3.05, 3.63) is 90.0 Å². The highest BCUT2D eigenvalue weighted by molar-refractivity contribution is 7.62. The Hall–Kier alpha value is -2.59. The number of benzene rings is 3. The SMILES string of the molecule is Cc1ccc(OOP(=O)(OOc2ccc(C)cc2)c2ccccc2)cc1. The minimum absolute atomic E-state index is 0.319. The molecule has 0 spiro atoms. The zero-order valence-electron chi connectivity index (χ0n) is 14.5. The molecule has 0 N–H and O–H groups in total. The Kier molecular flexibility index (Phi) is 5.74. The molecule has 0 aliphatic rings.